The standard InChI is InChI=1S/C33H26N2O6/c36-32(40-29-22-12-10-20-27(29)38-25-16-6-2-7-17-25)34-31(24-14-4-1-5-15-24)35-33(37)41-30-23-13-11-21-28(30)39-26-18-8-3-9-19-26/h1-23,31H,(H,34,36)(H,35,37). The molecule has 8 heteroatoms. The Bertz CT molecular complexity index is 1480. The van der Waals surface area contributed by atoms with E-state index in [4.69, 9.17) is 18.9 Å². The molecule has 0 fully saturated rings. The minimum absolute atomic E-state index is 0.204. The van der Waals surface area contributed by atoms with Gasteiger partial charge in [0.1, 0.15) is 17.7 Å². The molecule has 41 heavy (non-hydrogen) atoms. The van der Waals surface area contributed by atoms with Crippen LogP contribution in [0.3, 0.4) is 0 Å². The topological polar surface area (TPSA) is 95.1 Å². The largest absolute Gasteiger partial charge is 0.453 e. The van der Waals surface area contributed by atoms with Gasteiger partial charge in [-0.05, 0) is 54.1 Å². The number of ether oxygens (including phenoxy) is 4. The van der Waals surface area contributed by atoms with Crippen LogP contribution in [-0.4, -0.2) is 12.2 Å². The number of amides is 2. The van der Waals surface area contributed by atoms with Crippen LogP contribution in [0.4, 0.5) is 9.59 Å². The van der Waals surface area contributed by atoms with Gasteiger partial charge < -0.3 is 18.9 Å². The predicted molar refractivity (Wildman–Crippen MR) is 153 cm³/mol. The quantitative estimate of drug-likeness (QED) is 0.183. The smallest absolute Gasteiger partial charge is 0.414 e. The Kier molecular flexibility index (Phi) is 8.73. The highest BCUT2D eigenvalue weighted by molar-refractivity contribution is 5.75. The van der Waals surface area contributed by atoms with E-state index in [1.54, 1.807) is 97.1 Å². The monoisotopic (exact) mass is 546 g/mol. The van der Waals surface area contributed by atoms with E-state index in [2.05, 4.69) is 10.6 Å². The second kappa shape index (κ2) is 13.3. The lowest BCUT2D eigenvalue weighted by Gasteiger charge is -2.21. The van der Waals surface area contributed by atoms with Gasteiger partial charge in [-0.3, -0.25) is 10.6 Å². The first-order valence-corrected chi connectivity index (χ1v) is 12.8. The van der Waals surface area contributed by atoms with Gasteiger partial charge >= 0.3 is 12.2 Å². The van der Waals surface area contributed by atoms with Gasteiger partial charge in [0, 0.05) is 0 Å². The van der Waals surface area contributed by atoms with E-state index in [9.17, 15) is 9.59 Å². The van der Waals surface area contributed by atoms with Gasteiger partial charge in [-0.1, -0.05) is 91.0 Å². The summed E-state index contributed by atoms with van der Waals surface area (Å²) >= 11 is 0. The van der Waals surface area contributed by atoms with Crippen molar-refractivity contribution in [3.63, 3.8) is 0 Å². The zero-order valence-electron chi connectivity index (χ0n) is 21.8. The number of hydrogen-bond acceptors (Lipinski definition) is 6. The van der Waals surface area contributed by atoms with Gasteiger partial charge in [0.15, 0.2) is 23.0 Å². The van der Waals surface area contributed by atoms with E-state index in [0.717, 1.165) is 0 Å². The zero-order chi connectivity index (χ0) is 28.3. The number of para-hydroxylation sites is 6. The third-order valence-electron chi connectivity index (χ3n) is 5.70. The minimum Gasteiger partial charge on any atom is -0.453 e. The molecule has 0 aliphatic rings. The second-order valence-electron chi connectivity index (χ2n) is 8.64. The number of carbonyl (C=O) groups is 2. The number of hydrogen-bond donors (Lipinski definition) is 2. The lowest BCUT2D eigenvalue weighted by molar-refractivity contribution is 0.181. The summed E-state index contributed by atoms with van der Waals surface area (Å²) in [5.41, 5.74) is 0.601. The van der Waals surface area contributed by atoms with Crippen LogP contribution < -0.4 is 29.6 Å². The molecule has 5 aromatic rings. The summed E-state index contributed by atoms with van der Waals surface area (Å²) in [6, 6.07) is 40.8. The van der Waals surface area contributed by atoms with Crippen molar-refractivity contribution >= 4 is 12.2 Å². The van der Waals surface area contributed by atoms with Crippen LogP contribution >= 0.6 is 0 Å². The molecule has 0 saturated heterocycles. The molecular formula is C33H26N2O6. The minimum atomic E-state index is -0.972. The lowest BCUT2D eigenvalue weighted by Crippen LogP contribution is -2.43. The Morgan fingerprint density at radius 2 is 0.780 bits per heavy atom. The van der Waals surface area contributed by atoms with Gasteiger partial charge in [0.25, 0.3) is 0 Å². The molecule has 8 nitrogen and oxygen atoms in total. The van der Waals surface area contributed by atoms with Gasteiger partial charge in [-0.15, -0.1) is 0 Å². The number of benzene rings is 5. The Hall–Kier alpha value is -5.76. The fourth-order valence-corrected chi connectivity index (χ4v) is 3.81. The van der Waals surface area contributed by atoms with Crippen molar-refractivity contribution in [2.24, 2.45) is 0 Å². The second-order valence-corrected chi connectivity index (χ2v) is 8.64. The molecular weight excluding hydrogens is 520 g/mol. The van der Waals surface area contributed by atoms with Gasteiger partial charge in [-0.25, -0.2) is 9.59 Å². The highest BCUT2D eigenvalue weighted by atomic mass is 16.6. The van der Waals surface area contributed by atoms with Crippen molar-refractivity contribution in [2.75, 3.05) is 0 Å². The van der Waals surface area contributed by atoms with Crippen LogP contribution in [-0.2, 0) is 0 Å². The summed E-state index contributed by atoms with van der Waals surface area (Å²) < 4.78 is 22.9. The van der Waals surface area contributed by atoms with Crippen molar-refractivity contribution in [2.45, 2.75) is 6.17 Å². The number of nitrogens with one attached hydrogen (secondary N) is 2. The van der Waals surface area contributed by atoms with E-state index in [0.29, 0.717) is 28.6 Å². The molecule has 0 radical (unpaired) electrons. The fraction of sp³-hybridized carbons (Fsp3) is 0.0303. The maximum atomic E-state index is 13.0. The van der Waals surface area contributed by atoms with Crippen molar-refractivity contribution < 1.29 is 28.5 Å². The summed E-state index contributed by atoms with van der Waals surface area (Å²) in [5, 5.41) is 5.37. The first-order valence-electron chi connectivity index (χ1n) is 12.8. The van der Waals surface area contributed by atoms with Crippen LogP contribution in [0.1, 0.15) is 11.7 Å². The Morgan fingerprint density at radius 3 is 1.20 bits per heavy atom. The number of rotatable bonds is 9. The van der Waals surface area contributed by atoms with E-state index in [1.165, 1.54) is 0 Å². The van der Waals surface area contributed by atoms with E-state index in [1.807, 2.05) is 42.5 Å². The molecule has 0 aromatic heterocycles. The van der Waals surface area contributed by atoms with Crippen molar-refractivity contribution in [1.29, 1.82) is 0 Å². The van der Waals surface area contributed by atoms with Crippen molar-refractivity contribution in [3.8, 4) is 34.5 Å². The third-order valence-corrected chi connectivity index (χ3v) is 5.70. The molecule has 5 rings (SSSR count). The molecule has 2 amide bonds. The Morgan fingerprint density at radius 1 is 0.439 bits per heavy atom. The fourth-order valence-electron chi connectivity index (χ4n) is 3.81. The Labute approximate surface area is 237 Å². The van der Waals surface area contributed by atoms with Crippen molar-refractivity contribution in [1.82, 2.24) is 10.6 Å². The molecule has 204 valence electrons. The van der Waals surface area contributed by atoms with Crippen LogP contribution in [0.15, 0.2) is 140 Å². The molecule has 0 bridgehead atoms. The maximum Gasteiger partial charge on any atom is 0.414 e. The third kappa shape index (κ3) is 7.64. The molecule has 5 aromatic carbocycles. The highest BCUT2D eigenvalue weighted by Gasteiger charge is 2.21. The molecule has 0 atom stereocenters. The molecule has 2 N–H and O–H groups in total. The molecule has 0 aliphatic heterocycles. The molecule has 0 saturated carbocycles. The number of carbonyl (C=O) groups excluding carboxylic acids is 2. The van der Waals surface area contributed by atoms with Gasteiger partial charge in [-0.2, -0.15) is 0 Å². The predicted octanol–water partition coefficient (Wildman–Crippen LogP) is 7.85. The average molecular weight is 547 g/mol. The van der Waals surface area contributed by atoms with E-state index in [-0.39, 0.29) is 11.5 Å². The zero-order valence-corrected chi connectivity index (χ0v) is 21.8. The molecule has 0 aliphatic carbocycles. The summed E-state index contributed by atoms with van der Waals surface area (Å²) in [5.74, 6) is 2.30. The summed E-state index contributed by atoms with van der Waals surface area (Å²) in [6.45, 7) is 0. The van der Waals surface area contributed by atoms with Crippen molar-refractivity contribution in [3.05, 3.63) is 145 Å². The highest BCUT2D eigenvalue weighted by Crippen LogP contribution is 2.32. The average Bonchev–Trinajstić information content (AvgIpc) is 3.00. The summed E-state index contributed by atoms with van der Waals surface area (Å²) in [4.78, 5) is 26.0. The lowest BCUT2D eigenvalue weighted by atomic mass is 10.2. The summed E-state index contributed by atoms with van der Waals surface area (Å²) in [6.07, 6.45) is -2.59. The molecule has 0 unspecified atom stereocenters. The van der Waals surface area contributed by atoms with E-state index >= 15 is 0 Å². The van der Waals surface area contributed by atoms with Crippen LogP contribution in [0.5, 0.6) is 34.5 Å². The van der Waals surface area contributed by atoms with Crippen LogP contribution in [0.2, 0.25) is 0 Å². The molecule has 0 spiro atoms. The molecule has 0 heterocycles. The first-order chi connectivity index (χ1) is 20.1. The van der Waals surface area contributed by atoms with E-state index < -0.39 is 18.4 Å². The van der Waals surface area contributed by atoms with Gasteiger partial charge in [0.05, 0.1) is 0 Å². The Balaban J connectivity index is 1.28. The summed E-state index contributed by atoms with van der Waals surface area (Å²) in [7, 11) is 0. The maximum absolute atomic E-state index is 13.0. The van der Waals surface area contributed by atoms with Crippen LogP contribution in [0.25, 0.3) is 0 Å². The normalized spacial score (nSPS) is 10.4. The van der Waals surface area contributed by atoms with Crippen LogP contribution in [0, 0.1) is 0 Å². The first kappa shape index (κ1) is 26.8. The van der Waals surface area contributed by atoms with Gasteiger partial charge in [0.2, 0.25) is 0 Å². The SMILES string of the molecule is O=C(NC(NC(=O)Oc1ccccc1Oc1ccccc1)c1ccccc1)Oc1ccccc1Oc1ccccc1.